The average molecular weight is 440 g/mol. The highest BCUT2D eigenvalue weighted by Crippen LogP contribution is 2.13. The first-order valence-corrected chi connectivity index (χ1v) is 11.5. The molecule has 0 heterocycles. The highest BCUT2D eigenvalue weighted by molar-refractivity contribution is 5.68. The maximum Gasteiger partial charge on any atom is 0.305 e. The van der Waals surface area contributed by atoms with Crippen LogP contribution in [0.3, 0.4) is 0 Å². The van der Waals surface area contributed by atoms with E-state index in [1.807, 2.05) is 24.3 Å². The van der Waals surface area contributed by atoms with Gasteiger partial charge in [-0.15, -0.1) is 0 Å². The molecule has 0 aliphatic heterocycles. The lowest BCUT2D eigenvalue weighted by Crippen LogP contribution is -2.10. The van der Waals surface area contributed by atoms with Gasteiger partial charge in [-0.25, -0.2) is 0 Å². The Hall–Kier alpha value is -1.67. The van der Waals surface area contributed by atoms with E-state index in [1.165, 1.54) is 7.11 Å². The molecule has 1 rings (SSSR count). The van der Waals surface area contributed by atoms with Crippen molar-refractivity contribution in [3.63, 3.8) is 0 Å². The minimum Gasteiger partial charge on any atom is -0.494 e. The van der Waals surface area contributed by atoms with E-state index in [4.69, 9.17) is 24.7 Å². The molecule has 0 fully saturated rings. The summed E-state index contributed by atoms with van der Waals surface area (Å²) in [5.41, 5.74) is 6.73. The highest BCUT2D eigenvalue weighted by Gasteiger charge is 1.99. The molecule has 7 nitrogen and oxygen atoms in total. The molecule has 0 unspecified atom stereocenters. The van der Waals surface area contributed by atoms with Crippen molar-refractivity contribution < 1.29 is 28.5 Å². The van der Waals surface area contributed by atoms with Gasteiger partial charge in [-0.3, -0.25) is 4.79 Å². The summed E-state index contributed by atoms with van der Waals surface area (Å²) >= 11 is 0. The number of ether oxygens (including phenoxy) is 5. The van der Waals surface area contributed by atoms with Crippen LogP contribution in [-0.4, -0.2) is 59.3 Å². The van der Waals surface area contributed by atoms with Gasteiger partial charge in [0, 0.05) is 26.2 Å². The Bertz CT molecular complexity index is 555. The van der Waals surface area contributed by atoms with E-state index in [0.29, 0.717) is 46.0 Å². The van der Waals surface area contributed by atoms with Crippen LogP contribution in [0, 0.1) is 0 Å². The second-order valence-corrected chi connectivity index (χ2v) is 7.34. The van der Waals surface area contributed by atoms with Crippen molar-refractivity contribution in [2.24, 2.45) is 5.73 Å². The average Bonchev–Trinajstić information content (AvgIpc) is 2.80. The predicted octanol–water partition coefficient (Wildman–Crippen LogP) is 3.87. The molecule has 31 heavy (non-hydrogen) atoms. The highest BCUT2D eigenvalue weighted by atomic mass is 16.5. The van der Waals surface area contributed by atoms with Gasteiger partial charge in [-0.2, -0.15) is 0 Å². The van der Waals surface area contributed by atoms with E-state index < -0.39 is 0 Å². The minimum atomic E-state index is -0.146. The van der Waals surface area contributed by atoms with Crippen LogP contribution in [0.25, 0.3) is 0 Å². The van der Waals surface area contributed by atoms with Crippen LogP contribution in [0.1, 0.15) is 56.9 Å². The minimum absolute atomic E-state index is 0.146. The molecular weight excluding hydrogens is 398 g/mol. The number of carbonyl (C=O) groups is 1. The number of unbranched alkanes of at least 4 members (excludes halogenated alkanes) is 5. The molecule has 0 amide bonds. The molecule has 0 saturated carbocycles. The van der Waals surface area contributed by atoms with E-state index in [-0.39, 0.29) is 5.97 Å². The topological polar surface area (TPSA) is 89.2 Å². The Kier molecular flexibility index (Phi) is 17.9. The summed E-state index contributed by atoms with van der Waals surface area (Å²) in [6, 6.07) is 7.95. The predicted molar refractivity (Wildman–Crippen MR) is 121 cm³/mol. The fourth-order valence-electron chi connectivity index (χ4n) is 2.91. The smallest absolute Gasteiger partial charge is 0.305 e. The number of hydrogen-bond donors (Lipinski definition) is 1. The van der Waals surface area contributed by atoms with Crippen molar-refractivity contribution in [1.82, 2.24) is 0 Å². The summed E-state index contributed by atoms with van der Waals surface area (Å²) < 4.78 is 26.9. The SMILES string of the molecule is COC(=O)CCCCCOCCOCCOCCCCCCOc1cccc(CN)c1. The van der Waals surface area contributed by atoms with Gasteiger partial charge in [-0.05, 0) is 49.8 Å². The number of carbonyl (C=O) groups excluding carboxylic acids is 1. The molecule has 0 spiro atoms. The summed E-state index contributed by atoms with van der Waals surface area (Å²) in [4.78, 5) is 11.0. The molecule has 0 atom stereocenters. The van der Waals surface area contributed by atoms with Crippen molar-refractivity contribution >= 4 is 5.97 Å². The normalized spacial score (nSPS) is 10.9. The van der Waals surface area contributed by atoms with Gasteiger partial charge in [-0.1, -0.05) is 25.0 Å². The first-order chi connectivity index (χ1) is 15.3. The molecule has 2 N–H and O–H groups in total. The maximum atomic E-state index is 11.0. The zero-order valence-corrected chi connectivity index (χ0v) is 19.1. The number of esters is 1. The zero-order valence-electron chi connectivity index (χ0n) is 19.1. The van der Waals surface area contributed by atoms with Crippen molar-refractivity contribution in [2.45, 2.75) is 57.9 Å². The molecule has 0 bridgehead atoms. The van der Waals surface area contributed by atoms with Crippen molar-refractivity contribution in [3.8, 4) is 5.75 Å². The third kappa shape index (κ3) is 16.7. The van der Waals surface area contributed by atoms with Crippen LogP contribution >= 0.6 is 0 Å². The number of rotatable bonds is 21. The van der Waals surface area contributed by atoms with Gasteiger partial charge in [0.1, 0.15) is 5.75 Å². The monoisotopic (exact) mass is 439 g/mol. The van der Waals surface area contributed by atoms with Crippen LogP contribution in [0.4, 0.5) is 0 Å². The third-order valence-electron chi connectivity index (χ3n) is 4.73. The first-order valence-electron chi connectivity index (χ1n) is 11.5. The lowest BCUT2D eigenvalue weighted by atomic mass is 10.2. The quantitative estimate of drug-likeness (QED) is 0.230. The molecule has 1 aromatic rings. The third-order valence-corrected chi connectivity index (χ3v) is 4.73. The molecule has 0 radical (unpaired) electrons. The second kappa shape index (κ2) is 20.2. The van der Waals surface area contributed by atoms with Crippen LogP contribution in [0.15, 0.2) is 24.3 Å². The molecular formula is C24H41NO6. The number of methoxy groups -OCH3 is 1. The number of hydrogen-bond acceptors (Lipinski definition) is 7. The number of benzene rings is 1. The fraction of sp³-hybridized carbons (Fsp3) is 0.708. The van der Waals surface area contributed by atoms with Gasteiger partial charge in [0.15, 0.2) is 0 Å². The van der Waals surface area contributed by atoms with E-state index in [9.17, 15) is 4.79 Å². The first kappa shape index (κ1) is 27.4. The molecule has 0 aliphatic rings. The van der Waals surface area contributed by atoms with Crippen LogP contribution in [0.2, 0.25) is 0 Å². The largest absolute Gasteiger partial charge is 0.494 e. The fourth-order valence-corrected chi connectivity index (χ4v) is 2.91. The summed E-state index contributed by atoms with van der Waals surface area (Å²) in [5, 5.41) is 0. The zero-order chi connectivity index (χ0) is 22.4. The molecule has 1 aromatic carbocycles. The molecule has 0 aromatic heterocycles. The van der Waals surface area contributed by atoms with Crippen LogP contribution in [0.5, 0.6) is 5.75 Å². The van der Waals surface area contributed by atoms with Gasteiger partial charge < -0.3 is 29.4 Å². The van der Waals surface area contributed by atoms with Crippen LogP contribution in [-0.2, 0) is 30.3 Å². The van der Waals surface area contributed by atoms with Crippen molar-refractivity contribution in [1.29, 1.82) is 0 Å². The summed E-state index contributed by atoms with van der Waals surface area (Å²) in [7, 11) is 1.42. The van der Waals surface area contributed by atoms with E-state index in [1.54, 1.807) is 0 Å². The molecule has 7 heteroatoms. The standard InChI is InChI=1S/C24H41NO6/c1-27-24(26)12-5-4-7-14-29-17-19-30-18-16-28-13-6-2-3-8-15-31-23-11-9-10-22(20-23)21-25/h9-11,20H,2-8,12-19,21,25H2,1H3. The van der Waals surface area contributed by atoms with E-state index >= 15 is 0 Å². The Morgan fingerprint density at radius 1 is 0.774 bits per heavy atom. The van der Waals surface area contributed by atoms with Crippen LogP contribution < -0.4 is 10.5 Å². The Morgan fingerprint density at radius 3 is 1.97 bits per heavy atom. The van der Waals surface area contributed by atoms with E-state index in [2.05, 4.69) is 4.74 Å². The second-order valence-electron chi connectivity index (χ2n) is 7.34. The summed E-state index contributed by atoms with van der Waals surface area (Å²) in [5.74, 6) is 0.749. The van der Waals surface area contributed by atoms with Crippen molar-refractivity contribution in [3.05, 3.63) is 29.8 Å². The lowest BCUT2D eigenvalue weighted by Gasteiger charge is -2.08. The summed E-state index contributed by atoms with van der Waals surface area (Å²) in [6.45, 7) is 5.13. The number of nitrogens with two attached hydrogens (primary N) is 1. The van der Waals surface area contributed by atoms with Crippen molar-refractivity contribution in [2.75, 3.05) is 53.4 Å². The molecule has 178 valence electrons. The van der Waals surface area contributed by atoms with Gasteiger partial charge in [0.2, 0.25) is 0 Å². The van der Waals surface area contributed by atoms with E-state index in [0.717, 1.165) is 69.5 Å². The Balaban J connectivity index is 1.74. The van der Waals surface area contributed by atoms with Gasteiger partial charge in [0.05, 0.1) is 40.1 Å². The maximum absolute atomic E-state index is 11.0. The van der Waals surface area contributed by atoms with Gasteiger partial charge in [0.25, 0.3) is 0 Å². The molecule has 0 saturated heterocycles. The molecule has 0 aliphatic carbocycles. The Labute approximate surface area is 187 Å². The van der Waals surface area contributed by atoms with Gasteiger partial charge >= 0.3 is 5.97 Å². The lowest BCUT2D eigenvalue weighted by molar-refractivity contribution is -0.140. The Morgan fingerprint density at radius 2 is 1.35 bits per heavy atom. The summed E-state index contributed by atoms with van der Waals surface area (Å²) in [6.07, 6.45) is 7.63.